The zero-order valence-electron chi connectivity index (χ0n) is 8.71. The lowest BCUT2D eigenvalue weighted by Gasteiger charge is -2.10. The predicted molar refractivity (Wildman–Crippen MR) is 62.9 cm³/mol. The molecular weight excluding hydrogens is 190 g/mol. The normalized spacial score (nSPS) is 9.40. The molecule has 1 rings (SSSR count). The number of rotatable bonds is 4. The highest BCUT2D eigenvalue weighted by atomic mass is 16.1. The van der Waals surface area contributed by atoms with Gasteiger partial charge >= 0.3 is 0 Å². The Morgan fingerprint density at radius 3 is 2.93 bits per heavy atom. The number of nitrogens with two attached hydrogens (primary N) is 1. The van der Waals surface area contributed by atoms with Crippen LogP contribution in [0.1, 0.15) is 10.4 Å². The number of carbonyl (C=O) groups is 1. The maximum absolute atomic E-state index is 11.5. The molecule has 1 aromatic carbocycles. The smallest absolute Gasteiger partial charge is 0.253 e. The second kappa shape index (κ2) is 5.05. The second-order valence-corrected chi connectivity index (χ2v) is 3.05. The molecule has 0 bridgehead atoms. The third kappa shape index (κ3) is 2.74. The molecule has 4 N–H and O–H groups in total. The molecule has 0 saturated heterocycles. The van der Waals surface area contributed by atoms with Crippen molar-refractivity contribution in [1.29, 1.82) is 0 Å². The van der Waals surface area contributed by atoms with Gasteiger partial charge in [-0.15, -0.1) is 6.58 Å². The van der Waals surface area contributed by atoms with Crippen LogP contribution < -0.4 is 16.4 Å². The van der Waals surface area contributed by atoms with Gasteiger partial charge in [0.1, 0.15) is 0 Å². The fourth-order valence-corrected chi connectivity index (χ4v) is 1.22. The van der Waals surface area contributed by atoms with Gasteiger partial charge in [-0.05, 0) is 18.2 Å². The molecule has 80 valence electrons. The van der Waals surface area contributed by atoms with Gasteiger partial charge in [-0.3, -0.25) is 4.79 Å². The van der Waals surface area contributed by atoms with E-state index in [9.17, 15) is 4.79 Å². The summed E-state index contributed by atoms with van der Waals surface area (Å²) in [5, 5.41) is 5.63. The van der Waals surface area contributed by atoms with E-state index in [-0.39, 0.29) is 5.91 Å². The van der Waals surface area contributed by atoms with Gasteiger partial charge in [0.25, 0.3) is 5.91 Å². The fourth-order valence-electron chi connectivity index (χ4n) is 1.22. The Kier molecular flexibility index (Phi) is 3.74. The van der Waals surface area contributed by atoms with Crippen LogP contribution in [0.25, 0.3) is 0 Å². The number of nitrogen functional groups attached to an aromatic ring is 1. The van der Waals surface area contributed by atoms with Crippen molar-refractivity contribution in [1.82, 2.24) is 5.32 Å². The van der Waals surface area contributed by atoms with Crippen LogP contribution in [-0.2, 0) is 0 Å². The quantitative estimate of drug-likeness (QED) is 0.511. The van der Waals surface area contributed by atoms with Crippen LogP contribution >= 0.6 is 0 Å². The van der Waals surface area contributed by atoms with Crippen LogP contribution in [0.2, 0.25) is 0 Å². The number of nitrogens with one attached hydrogen (secondary N) is 2. The van der Waals surface area contributed by atoms with Crippen LogP contribution in [0.5, 0.6) is 0 Å². The lowest BCUT2D eigenvalue weighted by atomic mass is 10.1. The van der Waals surface area contributed by atoms with Crippen molar-refractivity contribution in [2.24, 2.45) is 0 Å². The van der Waals surface area contributed by atoms with E-state index in [1.807, 2.05) is 0 Å². The van der Waals surface area contributed by atoms with Gasteiger partial charge in [-0.2, -0.15) is 0 Å². The number of carbonyl (C=O) groups excluding carboxylic acids is 1. The molecule has 0 aliphatic rings. The minimum absolute atomic E-state index is 0.137. The Labute approximate surface area is 89.2 Å². The number of amides is 1. The summed E-state index contributed by atoms with van der Waals surface area (Å²) in [5.74, 6) is -0.137. The van der Waals surface area contributed by atoms with Crippen molar-refractivity contribution in [2.45, 2.75) is 0 Å². The van der Waals surface area contributed by atoms with Crippen molar-refractivity contribution in [3.63, 3.8) is 0 Å². The predicted octanol–water partition coefficient (Wildman–Crippen LogP) is 1.23. The first-order valence-electron chi connectivity index (χ1n) is 4.65. The summed E-state index contributed by atoms with van der Waals surface area (Å²) < 4.78 is 0. The molecule has 0 atom stereocenters. The van der Waals surface area contributed by atoms with E-state index < -0.39 is 0 Å². The van der Waals surface area contributed by atoms with Crippen molar-refractivity contribution < 1.29 is 4.79 Å². The van der Waals surface area contributed by atoms with Gasteiger partial charge in [0.2, 0.25) is 0 Å². The summed E-state index contributed by atoms with van der Waals surface area (Å²) >= 11 is 0. The van der Waals surface area contributed by atoms with Crippen LogP contribution in [0.3, 0.4) is 0 Å². The third-order valence-electron chi connectivity index (χ3n) is 1.95. The standard InChI is InChI=1S/C11H15N3O/c1-3-6-14-10-7-8(12)4-5-9(10)11(15)13-2/h3-5,7,14H,1,6,12H2,2H3,(H,13,15). The Balaban J connectivity index is 3.02. The molecule has 0 aliphatic heterocycles. The average molecular weight is 205 g/mol. The summed E-state index contributed by atoms with van der Waals surface area (Å²) in [5.41, 5.74) is 7.56. The Morgan fingerprint density at radius 1 is 1.60 bits per heavy atom. The first kappa shape index (κ1) is 11.1. The molecule has 15 heavy (non-hydrogen) atoms. The topological polar surface area (TPSA) is 67.1 Å². The van der Waals surface area contributed by atoms with Crippen LogP contribution in [0.15, 0.2) is 30.9 Å². The van der Waals surface area contributed by atoms with Crippen molar-refractivity contribution in [3.8, 4) is 0 Å². The monoisotopic (exact) mass is 205 g/mol. The lowest BCUT2D eigenvalue weighted by molar-refractivity contribution is 0.0964. The Morgan fingerprint density at radius 2 is 2.33 bits per heavy atom. The van der Waals surface area contributed by atoms with E-state index in [4.69, 9.17) is 5.73 Å². The molecule has 0 spiro atoms. The van der Waals surface area contributed by atoms with E-state index in [2.05, 4.69) is 17.2 Å². The molecule has 0 aromatic heterocycles. The van der Waals surface area contributed by atoms with E-state index >= 15 is 0 Å². The van der Waals surface area contributed by atoms with Crippen molar-refractivity contribution in [3.05, 3.63) is 36.4 Å². The highest BCUT2D eigenvalue weighted by Crippen LogP contribution is 2.18. The maximum atomic E-state index is 11.5. The molecule has 1 aromatic rings. The van der Waals surface area contributed by atoms with E-state index in [1.165, 1.54) is 0 Å². The zero-order valence-corrected chi connectivity index (χ0v) is 8.71. The highest BCUT2D eigenvalue weighted by Gasteiger charge is 2.08. The fraction of sp³-hybridized carbons (Fsp3) is 0.182. The molecule has 0 fully saturated rings. The summed E-state index contributed by atoms with van der Waals surface area (Å²) in [6.07, 6.45) is 1.72. The molecule has 1 amide bonds. The maximum Gasteiger partial charge on any atom is 0.253 e. The number of hydrogen-bond acceptors (Lipinski definition) is 3. The van der Waals surface area contributed by atoms with E-state index in [0.29, 0.717) is 23.5 Å². The van der Waals surface area contributed by atoms with Crippen LogP contribution in [0, 0.1) is 0 Å². The van der Waals surface area contributed by atoms with Gasteiger partial charge in [0, 0.05) is 25.0 Å². The molecule has 0 radical (unpaired) electrons. The lowest BCUT2D eigenvalue weighted by Crippen LogP contribution is -2.19. The highest BCUT2D eigenvalue weighted by molar-refractivity contribution is 6.00. The molecule has 0 heterocycles. The molecule has 0 saturated carbocycles. The second-order valence-electron chi connectivity index (χ2n) is 3.05. The van der Waals surface area contributed by atoms with E-state index in [1.54, 1.807) is 31.3 Å². The number of benzene rings is 1. The van der Waals surface area contributed by atoms with Gasteiger partial charge in [-0.25, -0.2) is 0 Å². The van der Waals surface area contributed by atoms with Crippen molar-refractivity contribution >= 4 is 17.3 Å². The van der Waals surface area contributed by atoms with Gasteiger partial charge < -0.3 is 16.4 Å². The molecule has 0 unspecified atom stereocenters. The van der Waals surface area contributed by atoms with Gasteiger partial charge in [0.15, 0.2) is 0 Å². The summed E-state index contributed by atoms with van der Waals surface area (Å²) in [6.45, 7) is 4.19. The number of hydrogen-bond donors (Lipinski definition) is 3. The largest absolute Gasteiger partial charge is 0.399 e. The first-order chi connectivity index (χ1) is 7.19. The number of anilines is 2. The SMILES string of the molecule is C=CCNc1cc(N)ccc1C(=O)NC. The van der Waals surface area contributed by atoms with Crippen LogP contribution in [-0.4, -0.2) is 19.5 Å². The minimum atomic E-state index is -0.137. The van der Waals surface area contributed by atoms with E-state index in [0.717, 1.165) is 0 Å². The summed E-state index contributed by atoms with van der Waals surface area (Å²) in [6, 6.07) is 5.12. The Bertz CT molecular complexity index is 374. The van der Waals surface area contributed by atoms with Gasteiger partial charge in [-0.1, -0.05) is 6.08 Å². The minimum Gasteiger partial charge on any atom is -0.399 e. The van der Waals surface area contributed by atoms with Crippen molar-refractivity contribution in [2.75, 3.05) is 24.6 Å². The molecule has 4 heteroatoms. The first-order valence-corrected chi connectivity index (χ1v) is 4.65. The van der Waals surface area contributed by atoms with Gasteiger partial charge in [0.05, 0.1) is 5.56 Å². The summed E-state index contributed by atoms with van der Waals surface area (Å²) in [4.78, 5) is 11.5. The zero-order chi connectivity index (χ0) is 11.3. The molecule has 4 nitrogen and oxygen atoms in total. The molecular formula is C11H15N3O. The summed E-state index contributed by atoms with van der Waals surface area (Å²) in [7, 11) is 1.59. The molecule has 0 aliphatic carbocycles. The Hall–Kier alpha value is -1.97. The van der Waals surface area contributed by atoms with Crippen LogP contribution in [0.4, 0.5) is 11.4 Å². The average Bonchev–Trinajstić information content (AvgIpc) is 2.25. The third-order valence-corrected chi connectivity index (χ3v) is 1.95.